The molecule has 0 aromatic carbocycles. The van der Waals surface area contributed by atoms with Crippen molar-refractivity contribution in [3.05, 3.63) is 77.2 Å². The highest BCUT2D eigenvalue weighted by atomic mass is 16.5. The van der Waals surface area contributed by atoms with Gasteiger partial charge in [-0.25, -0.2) is 4.99 Å². The van der Waals surface area contributed by atoms with Gasteiger partial charge in [-0.1, -0.05) is 39.1 Å². The van der Waals surface area contributed by atoms with Gasteiger partial charge < -0.3 is 15.8 Å². The molecule has 1 rings (SSSR count). The summed E-state index contributed by atoms with van der Waals surface area (Å²) in [5.74, 6) is 0.243. The monoisotopic (exact) mass is 396 g/mol. The number of aryl methyl sites for hydroxylation is 1. The molecule has 1 amide bonds. The van der Waals surface area contributed by atoms with E-state index in [0.29, 0.717) is 17.4 Å². The van der Waals surface area contributed by atoms with Gasteiger partial charge >= 0.3 is 0 Å². The fourth-order valence-corrected chi connectivity index (χ4v) is 2.32. The number of carbonyl (C=O) groups is 1. The highest BCUT2D eigenvalue weighted by Crippen LogP contribution is 2.17. The van der Waals surface area contributed by atoms with Crippen LogP contribution in [0.25, 0.3) is 0 Å². The summed E-state index contributed by atoms with van der Waals surface area (Å²) in [6.07, 6.45) is 3.23. The predicted molar refractivity (Wildman–Crippen MR) is 119 cm³/mol. The Balaban J connectivity index is 2.91. The first kappa shape index (κ1) is 23.9. The van der Waals surface area contributed by atoms with E-state index < -0.39 is 5.91 Å². The van der Waals surface area contributed by atoms with E-state index in [-0.39, 0.29) is 18.0 Å². The predicted octanol–water partition coefficient (Wildman–Crippen LogP) is 4.40. The van der Waals surface area contributed by atoms with E-state index in [0.717, 1.165) is 22.5 Å². The number of aliphatic imine (C=N–C) groups is 1. The maximum Gasteiger partial charge on any atom is 0.254 e. The standard InChI is InChI=1S/C23H32N4O2/c1-9-12-29-18(8)21(15(4)5)27-22(24)17(7)23(28)25-13-20-16(6)10-11-19(26-20)14(2)3/h9-12,14H,7-8,13H2,1-6H3,(H2,24,27)(H,25,28)/b12-9-. The maximum atomic E-state index is 12.5. The van der Waals surface area contributed by atoms with Gasteiger partial charge in [-0.05, 0) is 50.8 Å². The molecular weight excluding hydrogens is 364 g/mol. The molecule has 0 spiro atoms. The summed E-state index contributed by atoms with van der Waals surface area (Å²) >= 11 is 0. The largest absolute Gasteiger partial charge is 0.464 e. The first-order chi connectivity index (χ1) is 13.6. The highest BCUT2D eigenvalue weighted by molar-refractivity contribution is 6.19. The zero-order valence-corrected chi connectivity index (χ0v) is 18.3. The molecule has 1 aromatic rings. The average Bonchev–Trinajstić information content (AvgIpc) is 2.67. The van der Waals surface area contributed by atoms with Crippen LogP contribution in [0.2, 0.25) is 0 Å². The molecule has 3 N–H and O–H groups in total. The van der Waals surface area contributed by atoms with Crippen LogP contribution >= 0.6 is 0 Å². The minimum atomic E-state index is -0.407. The first-order valence-corrected chi connectivity index (χ1v) is 9.51. The van der Waals surface area contributed by atoms with Gasteiger partial charge in [0.25, 0.3) is 5.91 Å². The van der Waals surface area contributed by atoms with Gasteiger partial charge in [0.1, 0.15) is 17.3 Å². The van der Waals surface area contributed by atoms with Crippen molar-refractivity contribution in [2.75, 3.05) is 0 Å². The molecular formula is C23H32N4O2. The number of rotatable bonds is 9. The van der Waals surface area contributed by atoms with Gasteiger partial charge in [-0.15, -0.1) is 0 Å². The molecule has 0 saturated carbocycles. The lowest BCUT2D eigenvalue weighted by atomic mass is 10.1. The lowest BCUT2D eigenvalue weighted by Gasteiger charge is -2.13. The Bertz CT molecular complexity index is 873. The van der Waals surface area contributed by atoms with Crippen LogP contribution in [-0.2, 0) is 16.1 Å². The Kier molecular flexibility index (Phi) is 9.06. The smallest absolute Gasteiger partial charge is 0.254 e. The number of nitrogens with zero attached hydrogens (tertiary/aromatic N) is 2. The molecule has 0 aliphatic heterocycles. The number of nitrogens with two attached hydrogens (primary N) is 1. The van der Waals surface area contributed by atoms with Crippen LogP contribution in [0, 0.1) is 6.92 Å². The summed E-state index contributed by atoms with van der Waals surface area (Å²) in [5.41, 5.74) is 10.2. The van der Waals surface area contributed by atoms with Crippen LogP contribution in [0.5, 0.6) is 0 Å². The van der Waals surface area contributed by atoms with Crippen molar-refractivity contribution >= 4 is 11.7 Å². The van der Waals surface area contributed by atoms with Gasteiger partial charge in [-0.2, -0.15) is 0 Å². The second-order valence-electron chi connectivity index (χ2n) is 7.17. The molecule has 0 saturated heterocycles. The third kappa shape index (κ3) is 7.07. The van der Waals surface area contributed by atoms with Crippen molar-refractivity contribution in [1.29, 1.82) is 0 Å². The molecule has 156 valence electrons. The molecule has 6 nitrogen and oxygen atoms in total. The second-order valence-corrected chi connectivity index (χ2v) is 7.17. The molecule has 0 radical (unpaired) electrons. The minimum Gasteiger partial charge on any atom is -0.464 e. The van der Waals surface area contributed by atoms with Gasteiger partial charge in [0, 0.05) is 5.69 Å². The molecule has 0 bridgehead atoms. The van der Waals surface area contributed by atoms with Crippen molar-refractivity contribution in [2.24, 2.45) is 10.7 Å². The lowest BCUT2D eigenvalue weighted by Crippen LogP contribution is -2.31. The van der Waals surface area contributed by atoms with Crippen molar-refractivity contribution in [3.8, 4) is 0 Å². The SMILES string of the molecule is C=C(O/C=C\C)C(N=C(N)C(=C)C(=O)NCc1nc(C(C)C)ccc1C)=C(C)C. The van der Waals surface area contributed by atoms with E-state index in [1.54, 1.807) is 6.08 Å². The van der Waals surface area contributed by atoms with Crippen LogP contribution in [0.15, 0.2) is 65.2 Å². The number of amidine groups is 1. The van der Waals surface area contributed by atoms with Crippen molar-refractivity contribution in [3.63, 3.8) is 0 Å². The number of amides is 1. The fraction of sp³-hybridized carbons (Fsp3) is 0.348. The van der Waals surface area contributed by atoms with E-state index in [1.807, 2.05) is 39.8 Å². The van der Waals surface area contributed by atoms with Gasteiger partial charge in [0.2, 0.25) is 0 Å². The summed E-state index contributed by atoms with van der Waals surface area (Å²) in [5, 5.41) is 2.81. The third-order valence-electron chi connectivity index (χ3n) is 4.13. The van der Waals surface area contributed by atoms with Crippen molar-refractivity contribution < 1.29 is 9.53 Å². The number of carbonyl (C=O) groups excluding carboxylic acids is 1. The molecule has 0 atom stereocenters. The quantitative estimate of drug-likeness (QED) is 0.213. The van der Waals surface area contributed by atoms with E-state index in [9.17, 15) is 4.79 Å². The van der Waals surface area contributed by atoms with E-state index in [4.69, 9.17) is 10.5 Å². The van der Waals surface area contributed by atoms with Crippen molar-refractivity contribution in [1.82, 2.24) is 10.3 Å². The molecule has 1 heterocycles. The van der Waals surface area contributed by atoms with Gasteiger partial charge in [0.05, 0.1) is 24.1 Å². The van der Waals surface area contributed by atoms with Crippen LogP contribution in [0.1, 0.15) is 57.5 Å². The number of allylic oxidation sites excluding steroid dienone is 2. The Hall–Kier alpha value is -3.15. The Labute approximate surface area is 174 Å². The number of ether oxygens (including phenoxy) is 1. The number of aromatic nitrogens is 1. The van der Waals surface area contributed by atoms with Crippen LogP contribution in [0.4, 0.5) is 0 Å². The Morgan fingerprint density at radius 2 is 2.00 bits per heavy atom. The summed E-state index contributed by atoms with van der Waals surface area (Å²) < 4.78 is 5.37. The molecule has 0 unspecified atom stereocenters. The Morgan fingerprint density at radius 1 is 1.34 bits per heavy atom. The molecule has 1 aromatic heterocycles. The number of pyridine rings is 1. The molecule has 6 heteroatoms. The lowest BCUT2D eigenvalue weighted by molar-refractivity contribution is -0.117. The second kappa shape index (κ2) is 11.0. The molecule has 0 aliphatic carbocycles. The molecule has 29 heavy (non-hydrogen) atoms. The van der Waals surface area contributed by atoms with Crippen LogP contribution in [0.3, 0.4) is 0 Å². The van der Waals surface area contributed by atoms with E-state index in [1.165, 1.54) is 6.26 Å². The average molecular weight is 397 g/mol. The van der Waals surface area contributed by atoms with Gasteiger partial charge in [0.15, 0.2) is 0 Å². The van der Waals surface area contributed by atoms with E-state index in [2.05, 4.69) is 42.3 Å². The fourth-order valence-electron chi connectivity index (χ4n) is 2.32. The maximum absolute atomic E-state index is 12.5. The zero-order chi connectivity index (χ0) is 22.1. The van der Waals surface area contributed by atoms with Crippen LogP contribution < -0.4 is 11.1 Å². The van der Waals surface area contributed by atoms with E-state index >= 15 is 0 Å². The summed E-state index contributed by atoms with van der Waals surface area (Å²) in [6, 6.07) is 4.00. The minimum absolute atomic E-state index is 0.00420. The number of nitrogens with one attached hydrogen (secondary N) is 1. The Morgan fingerprint density at radius 3 is 2.55 bits per heavy atom. The zero-order valence-electron chi connectivity index (χ0n) is 18.3. The topological polar surface area (TPSA) is 89.6 Å². The summed E-state index contributed by atoms with van der Waals surface area (Å²) in [6.45, 7) is 19.6. The summed E-state index contributed by atoms with van der Waals surface area (Å²) in [4.78, 5) is 21.4. The summed E-state index contributed by atoms with van der Waals surface area (Å²) in [7, 11) is 0. The van der Waals surface area contributed by atoms with Crippen molar-refractivity contribution in [2.45, 2.75) is 54.0 Å². The van der Waals surface area contributed by atoms with Crippen LogP contribution in [-0.4, -0.2) is 16.7 Å². The molecule has 0 fully saturated rings. The number of hydrogen-bond acceptors (Lipinski definition) is 4. The van der Waals surface area contributed by atoms with Gasteiger partial charge in [-0.3, -0.25) is 9.78 Å². The normalized spacial score (nSPS) is 11.5. The first-order valence-electron chi connectivity index (χ1n) is 9.51. The highest BCUT2D eigenvalue weighted by Gasteiger charge is 2.14. The number of hydrogen-bond donors (Lipinski definition) is 2. The molecule has 0 aliphatic rings. The third-order valence-corrected chi connectivity index (χ3v) is 4.13.